The third-order valence-electron chi connectivity index (χ3n) is 12.4. The van der Waals surface area contributed by atoms with Gasteiger partial charge in [-0.15, -0.1) is 11.3 Å². The van der Waals surface area contributed by atoms with Gasteiger partial charge in [0.05, 0.1) is 22.1 Å². The Labute approximate surface area is 378 Å². The van der Waals surface area contributed by atoms with Crippen LogP contribution in [-0.4, -0.2) is 29.1 Å². The van der Waals surface area contributed by atoms with Gasteiger partial charge in [0, 0.05) is 64.6 Å². The van der Waals surface area contributed by atoms with E-state index in [0.29, 0.717) is 17.5 Å². The Morgan fingerprint density at radius 3 is 1.69 bits per heavy atom. The van der Waals surface area contributed by atoms with Gasteiger partial charge in [0.25, 0.3) is 0 Å². The quantitative estimate of drug-likeness (QED) is 0.160. The van der Waals surface area contributed by atoms with Crippen molar-refractivity contribution in [2.45, 2.75) is 0 Å². The fraction of sp³-hybridized carbons (Fsp3) is 0. The second-order valence-electron chi connectivity index (χ2n) is 16.3. The minimum Gasteiger partial charge on any atom is -0.309 e. The monoisotopic (exact) mass is 848 g/mol. The summed E-state index contributed by atoms with van der Waals surface area (Å²) in [5.41, 5.74) is 12.7. The number of benzene rings is 9. The number of aromatic nitrogens is 6. The highest BCUT2D eigenvalue weighted by Gasteiger charge is 2.20. The van der Waals surface area contributed by atoms with Crippen LogP contribution in [0, 0.1) is 0 Å². The summed E-state index contributed by atoms with van der Waals surface area (Å²) in [6, 6.07) is 76.8. The lowest BCUT2D eigenvalue weighted by Crippen LogP contribution is -2.00. The number of hydrogen-bond donors (Lipinski definition) is 0. The summed E-state index contributed by atoms with van der Waals surface area (Å²) >= 11 is 1.78. The van der Waals surface area contributed by atoms with Crippen molar-refractivity contribution in [2.24, 2.45) is 0 Å². The smallest absolute Gasteiger partial charge is 0.165 e. The standard InChI is InChI=1S/C58H36N6S/c1-4-15-38(16-5-1)55-60-56(41-31-33-45-44-21-10-12-25-50(44)63(52(45)36-41)42-17-6-2-7-18-42)62-57(61-55)47-23-14-22-46-48-35-40(32-34-53(48)65-54(46)47)37-27-29-39(30-28-37)58-59-49-24-11-13-26-51(49)64(58)43-19-8-3-9-20-43/h1-36H. The van der Waals surface area contributed by atoms with Gasteiger partial charge in [-0.3, -0.25) is 4.57 Å². The summed E-state index contributed by atoms with van der Waals surface area (Å²) in [5.74, 6) is 2.83. The van der Waals surface area contributed by atoms with Gasteiger partial charge in [-0.25, -0.2) is 19.9 Å². The molecule has 0 aliphatic heterocycles. The highest BCUT2D eigenvalue weighted by Crippen LogP contribution is 2.42. The molecule has 0 aliphatic carbocycles. The van der Waals surface area contributed by atoms with Crippen LogP contribution in [0.2, 0.25) is 0 Å². The maximum absolute atomic E-state index is 5.29. The van der Waals surface area contributed by atoms with Gasteiger partial charge in [-0.2, -0.15) is 0 Å². The first kappa shape index (κ1) is 37.1. The average Bonchev–Trinajstić information content (AvgIpc) is 4.07. The molecule has 0 atom stereocenters. The normalized spacial score (nSPS) is 11.7. The van der Waals surface area contributed by atoms with Gasteiger partial charge in [0.2, 0.25) is 0 Å². The molecule has 7 heteroatoms. The zero-order valence-corrected chi connectivity index (χ0v) is 35.7. The first-order chi connectivity index (χ1) is 32.2. The van der Waals surface area contributed by atoms with Crippen LogP contribution in [0.4, 0.5) is 0 Å². The van der Waals surface area contributed by atoms with Gasteiger partial charge in [0.15, 0.2) is 17.5 Å². The topological polar surface area (TPSA) is 61.4 Å². The van der Waals surface area contributed by atoms with E-state index in [-0.39, 0.29) is 0 Å². The predicted octanol–water partition coefficient (Wildman–Crippen LogP) is 15.0. The SMILES string of the molecule is c1ccc(-c2nc(-c3ccc4c5ccccc5n(-c5ccccc5)c4c3)nc(-c3cccc4c3sc3ccc(-c5ccc(-c6nc7ccccc7n6-c6ccccc6)cc5)cc34)n2)cc1. The molecule has 6 nitrogen and oxygen atoms in total. The Hall–Kier alpha value is -8.52. The van der Waals surface area contributed by atoms with E-state index in [9.17, 15) is 0 Å². The molecule has 0 fully saturated rings. The van der Waals surface area contributed by atoms with Crippen molar-refractivity contribution >= 4 is 64.3 Å². The third kappa shape index (κ3) is 6.24. The van der Waals surface area contributed by atoms with Crippen molar-refractivity contribution in [3.63, 3.8) is 0 Å². The summed E-state index contributed by atoms with van der Waals surface area (Å²) in [5, 5.41) is 4.77. The van der Waals surface area contributed by atoms with E-state index in [1.54, 1.807) is 11.3 Å². The molecular weight excluding hydrogens is 813 g/mol. The molecule has 304 valence electrons. The number of para-hydroxylation sites is 5. The Bertz CT molecular complexity index is 3930. The summed E-state index contributed by atoms with van der Waals surface area (Å²) < 4.78 is 6.93. The second-order valence-corrected chi connectivity index (χ2v) is 17.3. The van der Waals surface area contributed by atoms with Crippen LogP contribution in [0.1, 0.15) is 0 Å². The van der Waals surface area contributed by atoms with Crippen LogP contribution in [0.3, 0.4) is 0 Å². The van der Waals surface area contributed by atoms with Crippen LogP contribution in [0.5, 0.6) is 0 Å². The van der Waals surface area contributed by atoms with Crippen molar-refractivity contribution in [2.75, 3.05) is 0 Å². The molecule has 13 rings (SSSR count). The van der Waals surface area contributed by atoms with Crippen LogP contribution in [0.15, 0.2) is 218 Å². The van der Waals surface area contributed by atoms with Gasteiger partial charge < -0.3 is 4.57 Å². The Morgan fingerprint density at radius 1 is 0.323 bits per heavy atom. The molecule has 0 bridgehead atoms. The molecular formula is C58H36N6S. The summed E-state index contributed by atoms with van der Waals surface area (Å²) in [6.45, 7) is 0. The molecule has 0 saturated heterocycles. The fourth-order valence-electron chi connectivity index (χ4n) is 9.33. The number of nitrogens with zero attached hydrogens (tertiary/aromatic N) is 6. The Balaban J connectivity index is 0.916. The maximum Gasteiger partial charge on any atom is 0.165 e. The van der Waals surface area contributed by atoms with Crippen LogP contribution < -0.4 is 0 Å². The molecule has 0 saturated carbocycles. The molecule has 0 spiro atoms. The zero-order chi connectivity index (χ0) is 42.8. The van der Waals surface area contributed by atoms with Crippen molar-refractivity contribution in [1.82, 2.24) is 29.1 Å². The second kappa shape index (κ2) is 15.1. The molecule has 65 heavy (non-hydrogen) atoms. The van der Waals surface area contributed by atoms with E-state index >= 15 is 0 Å². The summed E-state index contributed by atoms with van der Waals surface area (Å²) in [6.07, 6.45) is 0. The largest absolute Gasteiger partial charge is 0.309 e. The van der Waals surface area contributed by atoms with E-state index in [4.69, 9.17) is 19.9 Å². The fourth-order valence-corrected chi connectivity index (χ4v) is 10.5. The van der Waals surface area contributed by atoms with E-state index in [2.05, 4.69) is 197 Å². The lowest BCUT2D eigenvalue weighted by Gasteiger charge is -2.11. The van der Waals surface area contributed by atoms with Crippen LogP contribution in [-0.2, 0) is 0 Å². The first-order valence-corrected chi connectivity index (χ1v) is 22.5. The van der Waals surface area contributed by atoms with Crippen LogP contribution in [0.25, 0.3) is 121 Å². The average molecular weight is 849 g/mol. The highest BCUT2D eigenvalue weighted by atomic mass is 32.1. The minimum absolute atomic E-state index is 0.629. The van der Waals surface area contributed by atoms with Gasteiger partial charge in [-0.1, -0.05) is 152 Å². The molecule has 13 aromatic rings. The predicted molar refractivity (Wildman–Crippen MR) is 269 cm³/mol. The number of thiophene rings is 1. The number of hydrogen-bond acceptors (Lipinski definition) is 5. The van der Waals surface area contributed by atoms with E-state index in [1.807, 2.05) is 30.3 Å². The molecule has 0 radical (unpaired) electrons. The highest BCUT2D eigenvalue weighted by molar-refractivity contribution is 7.26. The van der Waals surface area contributed by atoms with Gasteiger partial charge >= 0.3 is 0 Å². The van der Waals surface area contributed by atoms with Crippen LogP contribution >= 0.6 is 11.3 Å². The number of fused-ring (bicyclic) bond motifs is 7. The van der Waals surface area contributed by atoms with Gasteiger partial charge in [0.1, 0.15) is 5.82 Å². The van der Waals surface area contributed by atoms with E-state index < -0.39 is 0 Å². The Morgan fingerprint density at radius 2 is 0.908 bits per heavy atom. The van der Waals surface area contributed by atoms with Crippen molar-refractivity contribution in [1.29, 1.82) is 0 Å². The molecule has 4 aromatic heterocycles. The molecule has 0 aliphatic rings. The molecule has 0 amide bonds. The minimum atomic E-state index is 0.629. The molecule has 0 unspecified atom stereocenters. The van der Waals surface area contributed by atoms with Crippen molar-refractivity contribution in [3.8, 4) is 68.1 Å². The lowest BCUT2D eigenvalue weighted by atomic mass is 10.0. The molecule has 9 aromatic carbocycles. The Kier molecular flexibility index (Phi) is 8.60. The first-order valence-electron chi connectivity index (χ1n) is 21.7. The van der Waals surface area contributed by atoms with E-state index in [0.717, 1.165) is 77.3 Å². The third-order valence-corrected chi connectivity index (χ3v) is 13.6. The summed E-state index contributed by atoms with van der Waals surface area (Å²) in [7, 11) is 0. The van der Waals surface area contributed by atoms with Crippen molar-refractivity contribution in [3.05, 3.63) is 218 Å². The molecule has 0 N–H and O–H groups in total. The molecule has 4 heterocycles. The lowest BCUT2D eigenvalue weighted by molar-refractivity contribution is 1.08. The maximum atomic E-state index is 5.29. The van der Waals surface area contributed by atoms with Gasteiger partial charge in [-0.05, 0) is 77.9 Å². The number of rotatable bonds is 7. The summed E-state index contributed by atoms with van der Waals surface area (Å²) in [4.78, 5) is 20.7. The number of imidazole rings is 1. The zero-order valence-electron chi connectivity index (χ0n) is 34.9. The van der Waals surface area contributed by atoms with Crippen molar-refractivity contribution < 1.29 is 0 Å². The van der Waals surface area contributed by atoms with E-state index in [1.165, 1.54) is 26.2 Å².